The van der Waals surface area contributed by atoms with Gasteiger partial charge in [0.25, 0.3) is 0 Å². The van der Waals surface area contributed by atoms with Crippen molar-refractivity contribution < 1.29 is 0 Å². The monoisotopic (exact) mass is 477 g/mol. The minimum atomic E-state index is 1.01. The second kappa shape index (κ2) is 29.2. The number of hydrogen-bond acceptors (Lipinski definition) is 0. The molecule has 0 heteroatoms. The highest BCUT2D eigenvalue weighted by atomic mass is 14.3. The van der Waals surface area contributed by atoms with Crippen molar-refractivity contribution in [2.45, 2.75) is 194 Å². The van der Waals surface area contributed by atoms with Crippen molar-refractivity contribution in [3.8, 4) is 0 Å². The number of unbranched alkanes of at least 4 members (excludes halogenated alkanes) is 20. The third-order valence-electron chi connectivity index (χ3n) is 8.17. The van der Waals surface area contributed by atoms with Crippen LogP contribution in [0.4, 0.5) is 0 Å². The van der Waals surface area contributed by atoms with Crippen LogP contribution in [0.2, 0.25) is 0 Å². The van der Waals surface area contributed by atoms with Crippen LogP contribution in [0.25, 0.3) is 0 Å². The molecule has 0 aliphatic carbocycles. The minimum absolute atomic E-state index is 1.01. The second-order valence-electron chi connectivity index (χ2n) is 11.5. The molecule has 0 saturated heterocycles. The van der Waals surface area contributed by atoms with Gasteiger partial charge in [0.05, 0.1) is 0 Å². The molecule has 0 aliphatic heterocycles. The smallest absolute Gasteiger partial charge is 0.0386 e. The predicted octanol–water partition coefficient (Wildman–Crippen LogP) is 12.8. The number of hydrogen-bond donors (Lipinski definition) is 0. The van der Waals surface area contributed by atoms with Gasteiger partial charge in [0, 0.05) is 0 Å². The Balaban J connectivity index is 4.66. The van der Waals surface area contributed by atoms with Crippen molar-refractivity contribution in [2.75, 3.05) is 0 Å². The number of rotatable bonds is 29. The summed E-state index contributed by atoms with van der Waals surface area (Å²) in [5, 5.41) is 0. The van der Waals surface area contributed by atoms with Crippen LogP contribution in [0, 0.1) is 25.7 Å². The van der Waals surface area contributed by atoms with E-state index in [4.69, 9.17) is 0 Å². The Bertz CT molecular complexity index is 280. The van der Waals surface area contributed by atoms with Crippen LogP contribution in [0.1, 0.15) is 194 Å². The van der Waals surface area contributed by atoms with E-state index in [-0.39, 0.29) is 0 Å². The molecule has 0 fully saturated rings. The first-order chi connectivity index (χ1) is 16.8. The fourth-order valence-electron chi connectivity index (χ4n) is 5.83. The zero-order valence-electron chi connectivity index (χ0n) is 24.4. The maximum absolute atomic E-state index is 4.02. The first-order valence-corrected chi connectivity index (χ1v) is 16.4. The molecule has 2 unspecified atom stereocenters. The van der Waals surface area contributed by atoms with Crippen LogP contribution in [0.3, 0.4) is 0 Å². The molecule has 0 nitrogen and oxygen atoms in total. The molecule has 0 bridgehead atoms. The van der Waals surface area contributed by atoms with Gasteiger partial charge < -0.3 is 0 Å². The molecular weight excluding hydrogens is 408 g/mol. The van der Waals surface area contributed by atoms with Crippen molar-refractivity contribution in [3.63, 3.8) is 0 Å². The molecule has 0 aromatic rings. The van der Waals surface area contributed by atoms with Crippen molar-refractivity contribution in [3.05, 3.63) is 13.8 Å². The third kappa shape index (κ3) is 23.7. The van der Waals surface area contributed by atoms with E-state index in [9.17, 15) is 0 Å². The highest BCUT2D eigenvalue weighted by Gasteiger charge is 2.20. The third-order valence-corrected chi connectivity index (χ3v) is 8.17. The van der Waals surface area contributed by atoms with Gasteiger partial charge in [-0.3, -0.25) is 0 Å². The van der Waals surface area contributed by atoms with Crippen LogP contribution < -0.4 is 0 Å². The SMILES string of the molecule is [CH2]CCCCCCCC(CCCCCCCC)C(CCCCCCC[CH2])CCCCCCCC. The zero-order chi connectivity index (χ0) is 25.0. The predicted molar refractivity (Wildman–Crippen MR) is 158 cm³/mol. The second-order valence-corrected chi connectivity index (χ2v) is 11.5. The quantitative estimate of drug-likeness (QED) is 0.0941. The van der Waals surface area contributed by atoms with Gasteiger partial charge in [0.2, 0.25) is 0 Å². The summed E-state index contributed by atoms with van der Waals surface area (Å²) in [5.74, 6) is 2.02. The molecule has 0 spiro atoms. The molecule has 0 N–H and O–H groups in total. The Kier molecular flexibility index (Phi) is 29.2. The molecule has 2 radical (unpaired) electrons. The summed E-state index contributed by atoms with van der Waals surface area (Å²) >= 11 is 0. The van der Waals surface area contributed by atoms with Gasteiger partial charge in [0.1, 0.15) is 0 Å². The highest BCUT2D eigenvalue weighted by Crippen LogP contribution is 2.33. The van der Waals surface area contributed by atoms with E-state index in [1.807, 2.05) is 0 Å². The van der Waals surface area contributed by atoms with E-state index in [0.29, 0.717) is 0 Å². The standard InChI is InChI=1S/C34H68/c1-5-9-13-17-21-25-29-33(30-26-22-18-14-10-6-2)34(31-27-23-19-15-11-7-3)32-28-24-20-16-12-8-4/h33-34H,1,3,5-32H2,2,4H3. The summed E-state index contributed by atoms with van der Waals surface area (Å²) in [4.78, 5) is 0. The van der Waals surface area contributed by atoms with E-state index in [2.05, 4.69) is 27.7 Å². The van der Waals surface area contributed by atoms with E-state index in [0.717, 1.165) is 24.7 Å². The fourth-order valence-corrected chi connectivity index (χ4v) is 5.83. The van der Waals surface area contributed by atoms with Crippen molar-refractivity contribution in [1.29, 1.82) is 0 Å². The van der Waals surface area contributed by atoms with Gasteiger partial charge in [0.15, 0.2) is 0 Å². The lowest BCUT2D eigenvalue weighted by molar-refractivity contribution is 0.236. The van der Waals surface area contributed by atoms with Gasteiger partial charge >= 0.3 is 0 Å². The first-order valence-electron chi connectivity index (χ1n) is 16.4. The summed E-state index contributed by atoms with van der Waals surface area (Å²) in [7, 11) is 0. The summed E-state index contributed by atoms with van der Waals surface area (Å²) in [5.41, 5.74) is 0. The normalized spacial score (nSPS) is 11.8. The van der Waals surface area contributed by atoms with Crippen LogP contribution in [-0.2, 0) is 0 Å². The Morgan fingerprint density at radius 2 is 0.559 bits per heavy atom. The summed E-state index contributed by atoms with van der Waals surface area (Å²) in [6.45, 7) is 12.7. The summed E-state index contributed by atoms with van der Waals surface area (Å²) in [6, 6.07) is 0. The molecule has 0 aromatic carbocycles. The molecule has 34 heavy (non-hydrogen) atoms. The lowest BCUT2D eigenvalue weighted by Crippen LogP contribution is -2.16. The van der Waals surface area contributed by atoms with Crippen molar-refractivity contribution in [2.24, 2.45) is 11.8 Å². The molecule has 0 rings (SSSR count). The van der Waals surface area contributed by atoms with Crippen LogP contribution in [0.5, 0.6) is 0 Å². The maximum atomic E-state index is 4.02. The van der Waals surface area contributed by atoms with Crippen LogP contribution >= 0.6 is 0 Å². The van der Waals surface area contributed by atoms with Crippen LogP contribution in [0.15, 0.2) is 0 Å². The van der Waals surface area contributed by atoms with Crippen molar-refractivity contribution in [1.82, 2.24) is 0 Å². The zero-order valence-corrected chi connectivity index (χ0v) is 24.4. The Labute approximate surface area is 219 Å². The highest BCUT2D eigenvalue weighted by molar-refractivity contribution is 4.72. The topological polar surface area (TPSA) is 0 Å². The van der Waals surface area contributed by atoms with Gasteiger partial charge in [-0.05, 0) is 11.8 Å². The molecule has 2 atom stereocenters. The molecule has 0 amide bonds. The van der Waals surface area contributed by atoms with E-state index >= 15 is 0 Å². The molecule has 0 aromatic heterocycles. The Morgan fingerprint density at radius 3 is 0.824 bits per heavy atom. The molecule has 204 valence electrons. The minimum Gasteiger partial charge on any atom is -0.0654 e. The molecule has 0 heterocycles. The summed E-state index contributed by atoms with van der Waals surface area (Å²) in [6.07, 6.45) is 40.0. The largest absolute Gasteiger partial charge is 0.0654 e. The summed E-state index contributed by atoms with van der Waals surface area (Å²) < 4.78 is 0. The average Bonchev–Trinajstić information content (AvgIpc) is 2.85. The lowest BCUT2D eigenvalue weighted by atomic mass is 9.78. The Morgan fingerprint density at radius 1 is 0.324 bits per heavy atom. The van der Waals surface area contributed by atoms with Gasteiger partial charge in [-0.15, -0.1) is 0 Å². The Hall–Kier alpha value is 0. The molecular formula is C34H68. The molecule has 0 saturated carbocycles. The fraction of sp³-hybridized carbons (Fsp3) is 0.941. The van der Waals surface area contributed by atoms with E-state index in [1.54, 1.807) is 0 Å². The van der Waals surface area contributed by atoms with Crippen LogP contribution in [-0.4, -0.2) is 0 Å². The van der Waals surface area contributed by atoms with E-state index < -0.39 is 0 Å². The van der Waals surface area contributed by atoms with Gasteiger partial charge in [-0.25, -0.2) is 0 Å². The van der Waals surface area contributed by atoms with Gasteiger partial charge in [-0.2, -0.15) is 0 Å². The van der Waals surface area contributed by atoms with E-state index in [1.165, 1.54) is 167 Å². The van der Waals surface area contributed by atoms with Crippen molar-refractivity contribution >= 4 is 0 Å². The average molecular weight is 477 g/mol. The van der Waals surface area contributed by atoms with Gasteiger partial charge in [-0.1, -0.05) is 207 Å². The lowest BCUT2D eigenvalue weighted by Gasteiger charge is -2.28. The maximum Gasteiger partial charge on any atom is -0.0386 e. The first kappa shape index (κ1) is 34.0. The molecule has 0 aliphatic rings.